The normalized spacial score (nSPS) is 30.0. The molecule has 1 N–H and O–H groups in total. The van der Waals surface area contributed by atoms with Crippen molar-refractivity contribution in [1.29, 1.82) is 0 Å². The molecule has 3 fully saturated rings. The maximum Gasteiger partial charge on any atom is 0.272 e. The predicted octanol–water partition coefficient (Wildman–Crippen LogP) is 1.63. The van der Waals surface area contributed by atoms with Gasteiger partial charge in [-0.2, -0.15) is 0 Å². The average Bonchev–Trinajstić information content (AvgIpc) is 3.37. The number of likely N-dealkylation sites (tertiary alicyclic amines) is 1. The lowest BCUT2D eigenvalue weighted by molar-refractivity contribution is -0.138. The van der Waals surface area contributed by atoms with Gasteiger partial charge in [0, 0.05) is 13.0 Å². The molecule has 3 saturated heterocycles. The third kappa shape index (κ3) is 2.07. The number of nitrogens with zero attached hydrogens (tertiary/aromatic N) is 3. The van der Waals surface area contributed by atoms with Crippen molar-refractivity contribution >= 4 is 11.8 Å². The van der Waals surface area contributed by atoms with Crippen molar-refractivity contribution in [3.8, 4) is 0 Å². The van der Waals surface area contributed by atoms with Crippen molar-refractivity contribution in [2.45, 2.75) is 37.6 Å². The number of amides is 2. The molecule has 3 aliphatic heterocycles. The molecule has 4 heterocycles. The van der Waals surface area contributed by atoms with Crippen molar-refractivity contribution in [3.63, 3.8) is 0 Å². The lowest BCUT2D eigenvalue weighted by Gasteiger charge is -2.31. The highest BCUT2D eigenvalue weighted by atomic mass is 16.5. The summed E-state index contributed by atoms with van der Waals surface area (Å²) in [5, 5.41) is 0. The number of H-pyrrole nitrogens is 1. The van der Waals surface area contributed by atoms with Crippen LogP contribution in [0.5, 0.6) is 0 Å². The molecular formula is C19H20N4O3. The Balaban J connectivity index is 1.45. The number of rotatable bonds is 2. The van der Waals surface area contributed by atoms with Crippen LogP contribution in [-0.4, -0.2) is 56.4 Å². The Morgan fingerprint density at radius 3 is 2.88 bits per heavy atom. The summed E-state index contributed by atoms with van der Waals surface area (Å²) in [6.07, 6.45) is 2.37. The molecule has 7 nitrogen and oxygen atoms in total. The summed E-state index contributed by atoms with van der Waals surface area (Å²) >= 11 is 0. The Bertz CT molecular complexity index is 880. The molecule has 1 aromatic heterocycles. The Kier molecular flexibility index (Phi) is 3.24. The molecule has 0 bridgehead atoms. The number of hydrogen-bond acceptors (Lipinski definition) is 4. The lowest BCUT2D eigenvalue weighted by atomic mass is 10.1. The second kappa shape index (κ2) is 5.41. The van der Waals surface area contributed by atoms with Crippen LogP contribution in [0.4, 0.5) is 0 Å². The summed E-state index contributed by atoms with van der Waals surface area (Å²) in [6.45, 7) is 2.94. The van der Waals surface area contributed by atoms with Crippen LogP contribution < -0.4 is 0 Å². The summed E-state index contributed by atoms with van der Waals surface area (Å²) in [7, 11) is 0. The van der Waals surface area contributed by atoms with E-state index in [0.29, 0.717) is 37.4 Å². The number of aromatic amines is 1. The minimum absolute atomic E-state index is 0.0618. The molecule has 3 atom stereocenters. The van der Waals surface area contributed by atoms with E-state index in [2.05, 4.69) is 9.97 Å². The smallest absolute Gasteiger partial charge is 0.272 e. The number of carbonyl (C=O) groups excluding carboxylic acids is 2. The van der Waals surface area contributed by atoms with Crippen molar-refractivity contribution in [3.05, 3.63) is 53.6 Å². The number of ether oxygens (including phenoxy) is 1. The molecule has 0 aliphatic carbocycles. The quantitative estimate of drug-likeness (QED) is 0.891. The predicted molar refractivity (Wildman–Crippen MR) is 92.1 cm³/mol. The molecule has 26 heavy (non-hydrogen) atoms. The van der Waals surface area contributed by atoms with Crippen LogP contribution in [0, 0.1) is 6.92 Å². The SMILES string of the molecule is Cc1ncc(C(=O)N2CC[C@@]34O[C@H](c5ccccc5)CN3C(=O)C[C@@H]24)[nH]1. The molecule has 7 heteroatoms. The van der Waals surface area contributed by atoms with Crippen LogP contribution in [0.3, 0.4) is 0 Å². The molecule has 1 spiro atoms. The van der Waals surface area contributed by atoms with Crippen molar-refractivity contribution in [1.82, 2.24) is 19.8 Å². The highest BCUT2D eigenvalue weighted by molar-refractivity contribution is 5.94. The van der Waals surface area contributed by atoms with Gasteiger partial charge in [0.05, 0.1) is 25.2 Å². The summed E-state index contributed by atoms with van der Waals surface area (Å²) in [4.78, 5) is 36.3. The zero-order valence-electron chi connectivity index (χ0n) is 14.5. The first-order valence-electron chi connectivity index (χ1n) is 8.94. The lowest BCUT2D eigenvalue weighted by Crippen LogP contribution is -2.48. The maximum absolute atomic E-state index is 12.9. The van der Waals surface area contributed by atoms with Gasteiger partial charge in [-0.3, -0.25) is 9.59 Å². The van der Waals surface area contributed by atoms with Gasteiger partial charge in [0.15, 0.2) is 5.72 Å². The molecule has 0 saturated carbocycles. The number of nitrogens with one attached hydrogen (secondary N) is 1. The third-order valence-electron chi connectivity index (χ3n) is 5.79. The van der Waals surface area contributed by atoms with Gasteiger partial charge in [-0.1, -0.05) is 30.3 Å². The molecular weight excluding hydrogens is 332 g/mol. The fourth-order valence-corrected chi connectivity index (χ4v) is 4.59. The van der Waals surface area contributed by atoms with Crippen LogP contribution in [0.25, 0.3) is 0 Å². The van der Waals surface area contributed by atoms with E-state index in [9.17, 15) is 9.59 Å². The fraction of sp³-hybridized carbons (Fsp3) is 0.421. The van der Waals surface area contributed by atoms with Crippen molar-refractivity contribution in [2.24, 2.45) is 0 Å². The van der Waals surface area contributed by atoms with Gasteiger partial charge in [-0.25, -0.2) is 4.98 Å². The van der Waals surface area contributed by atoms with Gasteiger partial charge in [-0.15, -0.1) is 0 Å². The number of aryl methyl sites for hydroxylation is 1. The molecule has 5 rings (SSSR count). The van der Waals surface area contributed by atoms with E-state index in [0.717, 1.165) is 5.56 Å². The first-order chi connectivity index (χ1) is 12.6. The van der Waals surface area contributed by atoms with E-state index in [1.165, 1.54) is 0 Å². The standard InChI is InChI=1S/C19H20N4O3/c1-12-20-10-14(21-12)18(25)22-8-7-19-16(22)9-17(24)23(19)11-15(26-19)13-5-3-2-4-6-13/h2-6,10,15-16H,7-9,11H2,1H3,(H,20,21)/t15-,16+,19-/m0/s1. The average molecular weight is 352 g/mol. The Labute approximate surface area is 151 Å². The van der Waals surface area contributed by atoms with Gasteiger partial charge in [-0.05, 0) is 12.5 Å². The van der Waals surface area contributed by atoms with Gasteiger partial charge < -0.3 is 19.5 Å². The molecule has 0 unspecified atom stereocenters. The Morgan fingerprint density at radius 1 is 1.35 bits per heavy atom. The highest BCUT2D eigenvalue weighted by Gasteiger charge is 2.65. The van der Waals surface area contributed by atoms with Gasteiger partial charge in [0.25, 0.3) is 5.91 Å². The van der Waals surface area contributed by atoms with Crippen molar-refractivity contribution in [2.75, 3.05) is 13.1 Å². The Morgan fingerprint density at radius 2 is 2.15 bits per heavy atom. The fourth-order valence-electron chi connectivity index (χ4n) is 4.59. The van der Waals surface area contributed by atoms with E-state index in [-0.39, 0.29) is 24.0 Å². The van der Waals surface area contributed by atoms with Crippen LogP contribution in [0.15, 0.2) is 36.5 Å². The van der Waals surface area contributed by atoms with Gasteiger partial charge in [0.2, 0.25) is 5.91 Å². The summed E-state index contributed by atoms with van der Waals surface area (Å²) in [5.74, 6) is 0.647. The molecule has 134 valence electrons. The number of hydrogen-bond donors (Lipinski definition) is 1. The van der Waals surface area contributed by atoms with Crippen LogP contribution >= 0.6 is 0 Å². The van der Waals surface area contributed by atoms with E-state index in [1.54, 1.807) is 11.1 Å². The van der Waals surface area contributed by atoms with E-state index >= 15 is 0 Å². The summed E-state index contributed by atoms with van der Waals surface area (Å²) in [6, 6.07) is 9.71. The van der Waals surface area contributed by atoms with Gasteiger partial charge >= 0.3 is 0 Å². The van der Waals surface area contributed by atoms with Crippen LogP contribution in [0.1, 0.15) is 40.8 Å². The van der Waals surface area contributed by atoms with E-state index in [4.69, 9.17) is 4.74 Å². The second-order valence-corrected chi connectivity index (χ2v) is 7.22. The largest absolute Gasteiger partial charge is 0.343 e. The van der Waals surface area contributed by atoms with E-state index < -0.39 is 5.72 Å². The molecule has 2 aromatic rings. The zero-order valence-corrected chi connectivity index (χ0v) is 14.5. The highest BCUT2D eigenvalue weighted by Crippen LogP contribution is 2.50. The second-order valence-electron chi connectivity index (χ2n) is 7.22. The van der Waals surface area contributed by atoms with Crippen LogP contribution in [0.2, 0.25) is 0 Å². The maximum atomic E-state index is 12.9. The Hall–Kier alpha value is -2.67. The van der Waals surface area contributed by atoms with Crippen molar-refractivity contribution < 1.29 is 14.3 Å². The number of aromatic nitrogens is 2. The summed E-state index contributed by atoms with van der Waals surface area (Å²) < 4.78 is 6.46. The molecule has 0 radical (unpaired) electrons. The first kappa shape index (κ1) is 15.6. The van der Waals surface area contributed by atoms with Crippen LogP contribution in [-0.2, 0) is 9.53 Å². The zero-order chi connectivity index (χ0) is 17.9. The monoisotopic (exact) mass is 352 g/mol. The molecule has 3 aliphatic rings. The number of benzene rings is 1. The number of carbonyl (C=O) groups is 2. The minimum Gasteiger partial charge on any atom is -0.343 e. The minimum atomic E-state index is -0.692. The van der Waals surface area contributed by atoms with Gasteiger partial charge in [0.1, 0.15) is 17.6 Å². The topological polar surface area (TPSA) is 78.5 Å². The molecule has 1 aromatic carbocycles. The van der Waals surface area contributed by atoms with E-state index in [1.807, 2.05) is 42.2 Å². The summed E-state index contributed by atoms with van der Waals surface area (Å²) in [5.41, 5.74) is 0.835. The number of imidazole rings is 1. The molecule has 2 amide bonds. The first-order valence-corrected chi connectivity index (χ1v) is 8.94. The third-order valence-corrected chi connectivity index (χ3v) is 5.79.